The van der Waals surface area contributed by atoms with Gasteiger partial charge in [-0.1, -0.05) is 0 Å². The normalized spacial score (nSPS) is 12.8. The summed E-state index contributed by atoms with van der Waals surface area (Å²) >= 11 is -2.28. The summed E-state index contributed by atoms with van der Waals surface area (Å²) < 4.78 is 6.04. The number of carbonyl (C=O) groups is 1. The minimum absolute atomic E-state index is 0.271. The molecule has 0 spiro atoms. The number of rotatable bonds is 12. The molecule has 0 radical (unpaired) electrons. The van der Waals surface area contributed by atoms with Crippen LogP contribution in [-0.2, 0) is 4.79 Å². The van der Waals surface area contributed by atoms with Gasteiger partial charge in [0.2, 0.25) is 0 Å². The molecule has 0 atom stereocenters. The second-order valence-corrected chi connectivity index (χ2v) is 19.6. The molecule has 0 N–H and O–H groups in total. The summed E-state index contributed by atoms with van der Waals surface area (Å²) in [5, 5.41) is 0. The van der Waals surface area contributed by atoms with Crippen LogP contribution in [0.25, 0.3) is 0 Å². The van der Waals surface area contributed by atoms with Gasteiger partial charge in [0.1, 0.15) is 0 Å². The molecule has 0 aliphatic rings. The Bertz CT molecular complexity index is 272. The molecular weight excluding hydrogens is 351 g/mol. The van der Waals surface area contributed by atoms with E-state index in [-0.39, 0.29) is 5.78 Å². The van der Waals surface area contributed by atoms with E-state index in [2.05, 4.69) is 27.7 Å². The molecule has 0 amide bonds. The van der Waals surface area contributed by atoms with Crippen LogP contribution < -0.4 is 0 Å². The number of allylic oxidation sites excluding steroid dienone is 2. The van der Waals surface area contributed by atoms with Gasteiger partial charge in [-0.05, 0) is 0 Å². The van der Waals surface area contributed by atoms with Crippen molar-refractivity contribution in [2.45, 2.75) is 92.9 Å². The van der Waals surface area contributed by atoms with Gasteiger partial charge in [0.05, 0.1) is 0 Å². The van der Waals surface area contributed by atoms with Crippen LogP contribution in [0.3, 0.4) is 0 Å². The maximum absolute atomic E-state index is 11.6. The van der Waals surface area contributed by atoms with E-state index in [1.165, 1.54) is 51.8 Å². The number of unbranched alkanes of at least 4 members (excludes halogenated alkanes) is 3. The summed E-state index contributed by atoms with van der Waals surface area (Å²) in [6.07, 6.45) is 11.2. The van der Waals surface area contributed by atoms with Crippen molar-refractivity contribution < 1.29 is 4.79 Å². The molecule has 0 heterocycles. The number of carbonyl (C=O) groups excluding carboxylic acids is 1. The maximum atomic E-state index is 11.6. The van der Waals surface area contributed by atoms with E-state index < -0.39 is 18.4 Å². The van der Waals surface area contributed by atoms with Gasteiger partial charge < -0.3 is 0 Å². The average molecular weight is 387 g/mol. The molecule has 2 heteroatoms. The molecule has 0 fully saturated rings. The van der Waals surface area contributed by atoms with Crippen molar-refractivity contribution >= 4 is 24.2 Å². The Hall–Kier alpha value is 0.209. The summed E-state index contributed by atoms with van der Waals surface area (Å²) in [4.78, 5) is 11.6. The molecule has 0 aromatic heterocycles. The van der Waals surface area contributed by atoms with Crippen molar-refractivity contribution in [2.24, 2.45) is 0 Å². The predicted octanol–water partition coefficient (Wildman–Crippen LogP) is 6.30. The minimum atomic E-state index is -2.28. The summed E-state index contributed by atoms with van der Waals surface area (Å²) in [6.45, 7) is 10.9. The summed E-state index contributed by atoms with van der Waals surface area (Å²) in [5.41, 5.74) is 0. The number of ketones is 1. The average Bonchev–Trinajstić information content (AvgIpc) is 2.44. The van der Waals surface area contributed by atoms with Crippen LogP contribution in [0.4, 0.5) is 0 Å². The molecule has 0 aliphatic carbocycles. The second-order valence-electron chi connectivity index (χ2n) is 6.22. The van der Waals surface area contributed by atoms with Gasteiger partial charge in [0, 0.05) is 0 Å². The molecule has 0 saturated heterocycles. The summed E-state index contributed by atoms with van der Waals surface area (Å²) in [7, 11) is 0. The third kappa shape index (κ3) is 7.28. The first-order valence-corrected chi connectivity index (χ1v) is 16.3. The van der Waals surface area contributed by atoms with Gasteiger partial charge in [-0.15, -0.1) is 0 Å². The van der Waals surface area contributed by atoms with Crippen molar-refractivity contribution in [3.05, 3.63) is 9.67 Å². The third-order valence-electron chi connectivity index (χ3n) is 4.47. The molecule has 0 rings (SSSR count). The first kappa shape index (κ1) is 20.2. The fourth-order valence-corrected chi connectivity index (χ4v) is 20.6. The SMILES string of the molecule is CCC[CH2][Sn]([CH2]CCC)([CH2]CCC)/[C](=C\C(C)=O)CC. The van der Waals surface area contributed by atoms with Crippen molar-refractivity contribution in [3.63, 3.8) is 0 Å². The first-order chi connectivity index (χ1) is 9.56. The van der Waals surface area contributed by atoms with Gasteiger partial charge in [0.15, 0.2) is 0 Å². The Labute approximate surface area is 131 Å². The predicted molar refractivity (Wildman–Crippen MR) is 94.0 cm³/mol. The Morgan fingerprint density at radius 2 is 1.25 bits per heavy atom. The topological polar surface area (TPSA) is 17.1 Å². The molecule has 0 aromatic rings. The van der Waals surface area contributed by atoms with Crippen LogP contribution >= 0.6 is 0 Å². The van der Waals surface area contributed by atoms with Crippen molar-refractivity contribution in [1.29, 1.82) is 0 Å². The van der Waals surface area contributed by atoms with E-state index >= 15 is 0 Å². The van der Waals surface area contributed by atoms with E-state index in [4.69, 9.17) is 0 Å². The molecular formula is C18H36OSn. The van der Waals surface area contributed by atoms with Gasteiger partial charge in [-0.25, -0.2) is 0 Å². The van der Waals surface area contributed by atoms with Crippen LogP contribution in [0.15, 0.2) is 9.67 Å². The molecule has 20 heavy (non-hydrogen) atoms. The van der Waals surface area contributed by atoms with Gasteiger partial charge in [0.25, 0.3) is 0 Å². The third-order valence-corrected chi connectivity index (χ3v) is 21.0. The number of hydrogen-bond acceptors (Lipinski definition) is 1. The van der Waals surface area contributed by atoms with E-state index in [1.54, 1.807) is 10.5 Å². The zero-order valence-electron chi connectivity index (χ0n) is 14.6. The van der Waals surface area contributed by atoms with E-state index in [0.717, 1.165) is 6.42 Å². The summed E-state index contributed by atoms with van der Waals surface area (Å²) in [5.74, 6) is 0.271. The fraction of sp³-hybridized carbons (Fsp3) is 0.833. The van der Waals surface area contributed by atoms with Crippen molar-refractivity contribution in [1.82, 2.24) is 0 Å². The standard InChI is InChI=1S/C6H9O.3C4H9.Sn/c1-3-4-5-6(2)7;3*1-3-4-2;/h5H,3H2,1-2H3;3*1,3-4H2,2H3;. The van der Waals surface area contributed by atoms with E-state index in [9.17, 15) is 4.79 Å². The fourth-order valence-electron chi connectivity index (χ4n) is 3.28. The van der Waals surface area contributed by atoms with Crippen LogP contribution in [0.5, 0.6) is 0 Å². The quantitative estimate of drug-likeness (QED) is 0.284. The Kier molecular flexibility index (Phi) is 11.9. The van der Waals surface area contributed by atoms with E-state index in [0.29, 0.717) is 0 Å². The van der Waals surface area contributed by atoms with Gasteiger partial charge >= 0.3 is 131 Å². The van der Waals surface area contributed by atoms with Crippen molar-refractivity contribution in [3.8, 4) is 0 Å². The molecule has 0 bridgehead atoms. The van der Waals surface area contributed by atoms with E-state index in [1.807, 2.05) is 6.08 Å². The van der Waals surface area contributed by atoms with Gasteiger partial charge in [-0.2, -0.15) is 0 Å². The van der Waals surface area contributed by atoms with Crippen LogP contribution in [0.2, 0.25) is 13.3 Å². The zero-order valence-corrected chi connectivity index (χ0v) is 17.4. The van der Waals surface area contributed by atoms with Crippen LogP contribution in [-0.4, -0.2) is 24.2 Å². The van der Waals surface area contributed by atoms with Gasteiger partial charge in [-0.3, -0.25) is 0 Å². The van der Waals surface area contributed by atoms with Crippen molar-refractivity contribution in [2.75, 3.05) is 0 Å². The first-order valence-electron chi connectivity index (χ1n) is 8.77. The monoisotopic (exact) mass is 388 g/mol. The molecule has 118 valence electrons. The molecule has 0 aliphatic heterocycles. The number of hydrogen-bond donors (Lipinski definition) is 0. The Morgan fingerprint density at radius 1 is 0.850 bits per heavy atom. The van der Waals surface area contributed by atoms with Crippen LogP contribution in [0, 0.1) is 0 Å². The molecule has 1 nitrogen and oxygen atoms in total. The summed E-state index contributed by atoms with van der Waals surface area (Å²) in [6, 6.07) is 0. The Balaban J connectivity index is 5.33. The van der Waals surface area contributed by atoms with Crippen LogP contribution in [0.1, 0.15) is 79.6 Å². The zero-order chi connectivity index (χ0) is 15.4. The molecule has 0 saturated carbocycles. The Morgan fingerprint density at radius 3 is 1.50 bits per heavy atom. The molecule has 0 unspecified atom stereocenters. The second kappa shape index (κ2) is 11.8. The molecule has 0 aromatic carbocycles.